The first-order valence-electron chi connectivity index (χ1n) is 6.78. The summed E-state index contributed by atoms with van der Waals surface area (Å²) in [7, 11) is -2.86. The van der Waals surface area contributed by atoms with E-state index in [-0.39, 0.29) is 17.7 Å². The van der Waals surface area contributed by atoms with E-state index in [0.717, 1.165) is 38.8 Å². The van der Waals surface area contributed by atoms with Gasteiger partial charge in [-0.25, -0.2) is 8.42 Å². The summed E-state index contributed by atoms with van der Waals surface area (Å²) in [4.78, 5) is 13.7. The van der Waals surface area contributed by atoms with E-state index in [1.54, 1.807) is 0 Å². The number of sulfone groups is 1. The van der Waals surface area contributed by atoms with Crippen LogP contribution >= 0.6 is 0 Å². The van der Waals surface area contributed by atoms with Crippen LogP contribution in [0.25, 0.3) is 0 Å². The normalized spacial score (nSPS) is 27.3. The highest BCUT2D eigenvalue weighted by Crippen LogP contribution is 2.12. The number of hydrogen-bond acceptors (Lipinski definition) is 4. The van der Waals surface area contributed by atoms with Crippen LogP contribution < -0.4 is 5.32 Å². The van der Waals surface area contributed by atoms with Crippen LogP contribution in [0.3, 0.4) is 0 Å². The van der Waals surface area contributed by atoms with Gasteiger partial charge in [-0.2, -0.15) is 0 Å². The Kier molecular flexibility index (Phi) is 4.61. The molecule has 2 fully saturated rings. The molecular formula is C12H22N2O3S. The molecular weight excluding hydrogens is 252 g/mol. The van der Waals surface area contributed by atoms with E-state index in [1.807, 2.05) is 4.90 Å². The molecule has 0 aliphatic carbocycles. The van der Waals surface area contributed by atoms with Crippen molar-refractivity contribution in [3.8, 4) is 0 Å². The largest absolute Gasteiger partial charge is 0.343 e. The van der Waals surface area contributed by atoms with E-state index in [4.69, 9.17) is 0 Å². The third-order valence-corrected chi connectivity index (χ3v) is 5.51. The zero-order valence-corrected chi connectivity index (χ0v) is 11.5. The molecule has 0 spiro atoms. The van der Waals surface area contributed by atoms with Crippen molar-refractivity contribution in [2.45, 2.75) is 38.1 Å². The molecule has 0 saturated carbocycles. The van der Waals surface area contributed by atoms with Gasteiger partial charge in [0.15, 0.2) is 9.84 Å². The molecule has 0 aromatic heterocycles. The number of likely N-dealkylation sites (tertiary alicyclic amines) is 1. The van der Waals surface area contributed by atoms with Gasteiger partial charge in [0.2, 0.25) is 5.91 Å². The maximum Gasteiger partial charge on any atom is 0.223 e. The second-order valence-electron chi connectivity index (χ2n) is 5.25. The summed E-state index contributed by atoms with van der Waals surface area (Å²) in [6.07, 6.45) is 4.34. The number of carbonyl (C=O) groups excluding carboxylic acids is 1. The number of nitrogens with one attached hydrogen (secondary N) is 1. The molecule has 6 heteroatoms. The fraction of sp³-hybridized carbons (Fsp3) is 0.917. The van der Waals surface area contributed by atoms with E-state index >= 15 is 0 Å². The van der Waals surface area contributed by atoms with E-state index in [0.29, 0.717) is 18.7 Å². The smallest absolute Gasteiger partial charge is 0.223 e. The van der Waals surface area contributed by atoms with Crippen molar-refractivity contribution in [2.75, 3.05) is 31.1 Å². The molecule has 1 amide bonds. The van der Waals surface area contributed by atoms with Gasteiger partial charge >= 0.3 is 0 Å². The molecule has 2 saturated heterocycles. The number of carbonyl (C=O) groups is 1. The summed E-state index contributed by atoms with van der Waals surface area (Å²) in [5, 5.41) is 3.20. The predicted molar refractivity (Wildman–Crippen MR) is 70.1 cm³/mol. The molecule has 2 rings (SSSR count). The molecule has 5 nitrogen and oxygen atoms in total. The second kappa shape index (κ2) is 6.02. The zero-order valence-electron chi connectivity index (χ0n) is 10.7. The second-order valence-corrected chi connectivity index (χ2v) is 7.47. The first kappa shape index (κ1) is 13.8. The Bertz CT molecular complexity index is 388. The maximum absolute atomic E-state index is 11.8. The van der Waals surface area contributed by atoms with Gasteiger partial charge in [-0.3, -0.25) is 4.79 Å². The van der Waals surface area contributed by atoms with Gasteiger partial charge in [-0.1, -0.05) is 0 Å². The lowest BCUT2D eigenvalue weighted by Gasteiger charge is -2.23. The van der Waals surface area contributed by atoms with Crippen LogP contribution in [0.2, 0.25) is 0 Å². The fourth-order valence-corrected chi connectivity index (χ4v) is 4.36. The number of amides is 1. The monoisotopic (exact) mass is 274 g/mol. The highest BCUT2D eigenvalue weighted by Gasteiger charge is 2.24. The Labute approximate surface area is 109 Å². The predicted octanol–water partition coefficient (Wildman–Crippen LogP) is 0.166. The first-order valence-corrected chi connectivity index (χ1v) is 8.60. The quantitative estimate of drug-likeness (QED) is 0.793. The van der Waals surface area contributed by atoms with Crippen molar-refractivity contribution in [3.63, 3.8) is 0 Å². The van der Waals surface area contributed by atoms with Crippen molar-refractivity contribution in [1.29, 1.82) is 0 Å². The Morgan fingerprint density at radius 1 is 1.22 bits per heavy atom. The van der Waals surface area contributed by atoms with Crippen LogP contribution in [0.5, 0.6) is 0 Å². The Hall–Kier alpha value is -0.620. The third kappa shape index (κ3) is 3.95. The molecule has 2 aliphatic heterocycles. The van der Waals surface area contributed by atoms with Gasteiger partial charge in [0, 0.05) is 32.1 Å². The van der Waals surface area contributed by atoms with Crippen LogP contribution in [0, 0.1) is 0 Å². The van der Waals surface area contributed by atoms with Gasteiger partial charge in [0.25, 0.3) is 0 Å². The van der Waals surface area contributed by atoms with Gasteiger partial charge in [0.05, 0.1) is 11.5 Å². The minimum atomic E-state index is -2.86. The molecule has 0 aromatic carbocycles. The first-order chi connectivity index (χ1) is 8.57. The van der Waals surface area contributed by atoms with Crippen molar-refractivity contribution >= 4 is 15.7 Å². The van der Waals surface area contributed by atoms with Crippen LogP contribution in [-0.2, 0) is 14.6 Å². The summed E-state index contributed by atoms with van der Waals surface area (Å²) in [6, 6.07) is 0.0372. The van der Waals surface area contributed by atoms with Gasteiger partial charge in [-0.05, 0) is 25.7 Å². The Morgan fingerprint density at radius 2 is 1.94 bits per heavy atom. The molecule has 1 unspecified atom stereocenters. The van der Waals surface area contributed by atoms with Gasteiger partial charge < -0.3 is 10.2 Å². The SMILES string of the molecule is O=C(CCNC1CCCS(=O)(=O)C1)N1CCCC1. The number of nitrogens with zero attached hydrogens (tertiary/aromatic N) is 1. The molecule has 104 valence electrons. The molecule has 1 N–H and O–H groups in total. The maximum atomic E-state index is 11.8. The van der Waals surface area contributed by atoms with Crippen LogP contribution in [0.15, 0.2) is 0 Å². The van der Waals surface area contributed by atoms with Crippen LogP contribution in [0.4, 0.5) is 0 Å². The lowest BCUT2D eigenvalue weighted by atomic mass is 10.2. The topological polar surface area (TPSA) is 66.5 Å². The molecule has 1 atom stereocenters. The van der Waals surface area contributed by atoms with Crippen LogP contribution in [0.1, 0.15) is 32.1 Å². The van der Waals surface area contributed by atoms with Crippen molar-refractivity contribution in [2.24, 2.45) is 0 Å². The van der Waals surface area contributed by atoms with Crippen LogP contribution in [-0.4, -0.2) is 56.4 Å². The molecule has 2 heterocycles. The standard InChI is InChI=1S/C12H22N2O3S/c15-12(14-7-1-2-8-14)5-6-13-11-4-3-9-18(16,17)10-11/h11,13H,1-10H2. The third-order valence-electron chi connectivity index (χ3n) is 3.69. The average Bonchev–Trinajstić information content (AvgIpc) is 2.81. The Balaban J connectivity index is 1.67. The fourth-order valence-electron chi connectivity index (χ4n) is 2.69. The lowest BCUT2D eigenvalue weighted by molar-refractivity contribution is -0.130. The molecule has 2 aliphatic rings. The highest BCUT2D eigenvalue weighted by molar-refractivity contribution is 7.91. The Morgan fingerprint density at radius 3 is 2.61 bits per heavy atom. The van der Waals surface area contributed by atoms with Gasteiger partial charge in [-0.15, -0.1) is 0 Å². The molecule has 0 radical (unpaired) electrons. The summed E-state index contributed by atoms with van der Waals surface area (Å²) < 4.78 is 22.9. The van der Waals surface area contributed by atoms with Crippen molar-refractivity contribution in [3.05, 3.63) is 0 Å². The summed E-state index contributed by atoms with van der Waals surface area (Å²) in [6.45, 7) is 2.36. The number of rotatable bonds is 4. The molecule has 0 aromatic rings. The average molecular weight is 274 g/mol. The van der Waals surface area contributed by atoms with E-state index in [9.17, 15) is 13.2 Å². The van der Waals surface area contributed by atoms with Crippen molar-refractivity contribution < 1.29 is 13.2 Å². The summed E-state index contributed by atoms with van der Waals surface area (Å²) in [5.74, 6) is 0.738. The van der Waals surface area contributed by atoms with Crippen molar-refractivity contribution in [1.82, 2.24) is 10.2 Å². The van der Waals surface area contributed by atoms with E-state index in [2.05, 4.69) is 5.32 Å². The van der Waals surface area contributed by atoms with E-state index < -0.39 is 9.84 Å². The summed E-state index contributed by atoms with van der Waals surface area (Å²) >= 11 is 0. The van der Waals surface area contributed by atoms with E-state index in [1.165, 1.54) is 0 Å². The number of hydrogen-bond donors (Lipinski definition) is 1. The zero-order chi connectivity index (χ0) is 13.0. The molecule has 18 heavy (non-hydrogen) atoms. The summed E-state index contributed by atoms with van der Waals surface area (Å²) in [5.41, 5.74) is 0. The lowest BCUT2D eigenvalue weighted by Crippen LogP contribution is -2.41. The highest BCUT2D eigenvalue weighted by atomic mass is 32.2. The van der Waals surface area contributed by atoms with Gasteiger partial charge in [0.1, 0.15) is 0 Å². The minimum absolute atomic E-state index is 0.0372. The molecule has 0 bridgehead atoms. The minimum Gasteiger partial charge on any atom is -0.343 e.